The molecule has 1 fully saturated rings. The molecule has 0 spiro atoms. The molecule has 0 saturated carbocycles. The van der Waals surface area contributed by atoms with Crippen LogP contribution in [0.2, 0.25) is 0 Å². The zero-order valence-corrected chi connectivity index (χ0v) is 30.3. The lowest BCUT2D eigenvalue weighted by Gasteiger charge is -2.46. The fraction of sp³-hybridized carbons (Fsp3) is 0.238. The standard InChI is InChI=1S/C42H41IO5S/c1-2-26-45-41-40(47-29-33-20-10-5-11-21-33)39(46-28-32-18-8-4-9-19-32)37(30-44-27-31-16-6-3-7-17-31)48-42(41)49-38-25-15-13-23-35(38)34-22-12-14-24-36(34)43/h2-25,37,39-42H,1,26-30H2/t37-,39-,40+,41-,42?/m1/s1. The molecule has 1 unspecified atom stereocenters. The van der Waals surface area contributed by atoms with Crippen LogP contribution in [-0.4, -0.2) is 43.1 Å². The molecule has 5 aromatic carbocycles. The SMILES string of the molecule is C=CCO[C@H]1C(Sc2ccccc2-c2ccccc2I)O[C@H](COCc2ccccc2)[C@@H](OCc2ccccc2)[C@@H]1OCc1ccccc1. The fourth-order valence-corrected chi connectivity index (χ4v) is 7.81. The minimum atomic E-state index is -0.475. The molecule has 0 radical (unpaired) electrons. The lowest BCUT2D eigenvalue weighted by atomic mass is 9.99. The molecule has 0 aliphatic carbocycles. The van der Waals surface area contributed by atoms with Gasteiger partial charge in [0.1, 0.15) is 29.9 Å². The molecule has 5 aromatic rings. The molecule has 5 nitrogen and oxygen atoms in total. The average Bonchev–Trinajstić information content (AvgIpc) is 3.15. The Morgan fingerprint density at radius 3 is 1.73 bits per heavy atom. The van der Waals surface area contributed by atoms with E-state index in [1.165, 1.54) is 9.13 Å². The lowest BCUT2D eigenvalue weighted by Crippen LogP contribution is -2.60. The van der Waals surface area contributed by atoms with Crippen LogP contribution in [0.3, 0.4) is 0 Å². The van der Waals surface area contributed by atoms with Crippen LogP contribution in [0.15, 0.2) is 157 Å². The van der Waals surface area contributed by atoms with E-state index in [-0.39, 0.29) is 0 Å². The summed E-state index contributed by atoms with van der Waals surface area (Å²) in [6.45, 7) is 5.88. The quantitative estimate of drug-likeness (QED) is 0.0734. The predicted octanol–water partition coefficient (Wildman–Crippen LogP) is 9.73. The zero-order valence-electron chi connectivity index (χ0n) is 27.3. The molecule has 1 aliphatic heterocycles. The maximum Gasteiger partial charge on any atom is 0.137 e. The van der Waals surface area contributed by atoms with Crippen molar-refractivity contribution < 1.29 is 23.7 Å². The van der Waals surface area contributed by atoms with Crippen LogP contribution >= 0.6 is 34.4 Å². The second-order valence-corrected chi connectivity index (χ2v) is 14.0. The topological polar surface area (TPSA) is 46.2 Å². The van der Waals surface area contributed by atoms with Crippen molar-refractivity contribution in [3.05, 3.63) is 172 Å². The second kappa shape index (κ2) is 18.6. The third kappa shape index (κ3) is 9.92. The van der Waals surface area contributed by atoms with Crippen LogP contribution < -0.4 is 0 Å². The van der Waals surface area contributed by atoms with Crippen molar-refractivity contribution in [1.29, 1.82) is 0 Å². The molecule has 1 heterocycles. The van der Waals surface area contributed by atoms with E-state index in [1.807, 2.05) is 54.6 Å². The van der Waals surface area contributed by atoms with E-state index in [1.54, 1.807) is 17.8 Å². The van der Waals surface area contributed by atoms with E-state index < -0.39 is 29.9 Å². The highest BCUT2D eigenvalue weighted by molar-refractivity contribution is 14.1. The summed E-state index contributed by atoms with van der Waals surface area (Å²) < 4.78 is 34.7. The van der Waals surface area contributed by atoms with Crippen molar-refractivity contribution in [2.75, 3.05) is 13.2 Å². The number of thioether (sulfide) groups is 1. The van der Waals surface area contributed by atoms with E-state index in [0.29, 0.717) is 33.0 Å². The Morgan fingerprint density at radius 1 is 0.592 bits per heavy atom. The number of halogens is 1. The van der Waals surface area contributed by atoms with E-state index in [4.69, 9.17) is 23.7 Å². The van der Waals surface area contributed by atoms with Gasteiger partial charge < -0.3 is 23.7 Å². The smallest absolute Gasteiger partial charge is 0.137 e. The molecule has 0 N–H and O–H groups in total. The van der Waals surface area contributed by atoms with Gasteiger partial charge in [0.05, 0.1) is 33.0 Å². The number of benzene rings is 5. The highest BCUT2D eigenvalue weighted by Gasteiger charge is 2.49. The summed E-state index contributed by atoms with van der Waals surface area (Å²) in [6, 6.07) is 47.5. The van der Waals surface area contributed by atoms with Gasteiger partial charge in [-0.05, 0) is 62.5 Å². The number of hydrogen-bond acceptors (Lipinski definition) is 6. The summed E-state index contributed by atoms with van der Waals surface area (Å²) in [4.78, 5) is 1.10. The number of rotatable bonds is 16. The Morgan fingerprint density at radius 2 is 1.12 bits per heavy atom. The van der Waals surface area contributed by atoms with E-state index >= 15 is 0 Å². The van der Waals surface area contributed by atoms with E-state index in [2.05, 4.69) is 114 Å². The van der Waals surface area contributed by atoms with Crippen molar-refractivity contribution in [3.8, 4) is 11.1 Å². The summed E-state index contributed by atoms with van der Waals surface area (Å²) >= 11 is 4.06. The molecule has 1 aliphatic rings. The van der Waals surface area contributed by atoms with Gasteiger partial charge in [-0.2, -0.15) is 0 Å². The van der Waals surface area contributed by atoms with Crippen LogP contribution in [0.5, 0.6) is 0 Å². The predicted molar refractivity (Wildman–Crippen MR) is 205 cm³/mol. The molecular formula is C42H41IO5S. The van der Waals surface area contributed by atoms with Gasteiger partial charge >= 0.3 is 0 Å². The van der Waals surface area contributed by atoms with Crippen LogP contribution in [0.25, 0.3) is 11.1 Å². The summed E-state index contributed by atoms with van der Waals surface area (Å²) in [6.07, 6.45) is -0.0780. The zero-order chi connectivity index (χ0) is 33.7. The van der Waals surface area contributed by atoms with Crippen molar-refractivity contribution in [2.24, 2.45) is 0 Å². The van der Waals surface area contributed by atoms with Gasteiger partial charge in [-0.1, -0.05) is 145 Å². The molecule has 1 saturated heterocycles. The Kier molecular flexibility index (Phi) is 13.5. The Balaban J connectivity index is 1.34. The van der Waals surface area contributed by atoms with Crippen molar-refractivity contribution in [1.82, 2.24) is 0 Å². The maximum absolute atomic E-state index is 7.01. The van der Waals surface area contributed by atoms with Gasteiger partial charge in [0, 0.05) is 8.47 Å². The van der Waals surface area contributed by atoms with Gasteiger partial charge in [0.15, 0.2) is 0 Å². The third-order valence-corrected chi connectivity index (χ3v) is 10.4. The van der Waals surface area contributed by atoms with Crippen molar-refractivity contribution in [3.63, 3.8) is 0 Å². The Hall–Kier alpha value is -3.28. The first-order valence-corrected chi connectivity index (χ1v) is 18.5. The second-order valence-electron chi connectivity index (χ2n) is 11.7. The monoisotopic (exact) mass is 784 g/mol. The van der Waals surface area contributed by atoms with Gasteiger partial charge in [-0.3, -0.25) is 0 Å². The lowest BCUT2D eigenvalue weighted by molar-refractivity contribution is -0.250. The number of hydrogen-bond donors (Lipinski definition) is 0. The molecule has 49 heavy (non-hydrogen) atoms. The highest BCUT2D eigenvalue weighted by atomic mass is 127. The van der Waals surface area contributed by atoms with Crippen molar-refractivity contribution in [2.45, 2.75) is 54.6 Å². The molecule has 0 amide bonds. The molecule has 0 aromatic heterocycles. The Bertz CT molecular complexity index is 1720. The minimum absolute atomic E-state index is 0.322. The van der Waals surface area contributed by atoms with Gasteiger partial charge in [-0.25, -0.2) is 0 Å². The first kappa shape index (κ1) is 35.5. The molecular weight excluding hydrogens is 743 g/mol. The van der Waals surface area contributed by atoms with E-state index in [9.17, 15) is 0 Å². The Labute approximate surface area is 307 Å². The van der Waals surface area contributed by atoms with E-state index in [0.717, 1.165) is 27.1 Å². The van der Waals surface area contributed by atoms with Crippen LogP contribution in [0.1, 0.15) is 16.7 Å². The molecule has 252 valence electrons. The van der Waals surface area contributed by atoms with Gasteiger partial charge in [0.25, 0.3) is 0 Å². The minimum Gasteiger partial charge on any atom is -0.374 e. The summed E-state index contributed by atoms with van der Waals surface area (Å²) in [5, 5.41) is 0. The van der Waals surface area contributed by atoms with Crippen molar-refractivity contribution >= 4 is 34.4 Å². The van der Waals surface area contributed by atoms with Crippen LogP contribution in [0, 0.1) is 3.57 Å². The summed E-state index contributed by atoms with van der Waals surface area (Å²) in [5.41, 5.74) is 5.13. The normalized spacial score (nSPS) is 20.6. The van der Waals surface area contributed by atoms with Gasteiger partial charge in [-0.15, -0.1) is 6.58 Å². The number of ether oxygens (including phenoxy) is 5. The molecule has 5 atom stereocenters. The largest absolute Gasteiger partial charge is 0.374 e. The highest BCUT2D eigenvalue weighted by Crippen LogP contribution is 2.42. The summed E-state index contributed by atoms with van der Waals surface area (Å²) in [5.74, 6) is 0. The molecule has 0 bridgehead atoms. The van der Waals surface area contributed by atoms with Gasteiger partial charge in [0.2, 0.25) is 0 Å². The van der Waals surface area contributed by atoms with Crippen LogP contribution in [-0.2, 0) is 43.5 Å². The fourth-order valence-electron chi connectivity index (χ4n) is 5.85. The average molecular weight is 785 g/mol. The third-order valence-electron chi connectivity index (χ3n) is 8.26. The first-order chi connectivity index (χ1) is 24.2. The maximum atomic E-state index is 7.01. The van der Waals surface area contributed by atoms with Crippen LogP contribution in [0.4, 0.5) is 0 Å². The molecule has 7 heteroatoms. The first-order valence-electron chi connectivity index (χ1n) is 16.5. The summed E-state index contributed by atoms with van der Waals surface area (Å²) in [7, 11) is 0. The molecule has 6 rings (SSSR count).